The number of unbranched alkanes of at least 4 members (excludes halogenated alkanes) is 3. The maximum absolute atomic E-state index is 10.6. The molecule has 0 saturated heterocycles. The van der Waals surface area contributed by atoms with Gasteiger partial charge < -0.3 is 5.11 Å². The van der Waals surface area contributed by atoms with Crippen LogP contribution >= 0.6 is 12.4 Å². The highest BCUT2D eigenvalue weighted by atomic mass is 35.5. The van der Waals surface area contributed by atoms with Crippen LogP contribution in [-0.4, -0.2) is 11.1 Å². The number of carbonyl (C=O) groups is 1. The zero-order valence-corrected chi connectivity index (χ0v) is 9.40. The lowest BCUT2D eigenvalue weighted by molar-refractivity contribution is -0.142. The lowest BCUT2D eigenvalue weighted by Crippen LogP contribution is -2.12. The predicted molar refractivity (Wildman–Crippen MR) is 57.4 cm³/mol. The molecule has 1 N–H and O–H groups in total. The molecule has 0 aliphatic carbocycles. The number of hydrogen-bond acceptors (Lipinski definition) is 1. The van der Waals surface area contributed by atoms with Crippen LogP contribution in [0.1, 0.15) is 52.4 Å². The molecule has 0 rings (SSSR count). The van der Waals surface area contributed by atoms with Crippen LogP contribution in [0.2, 0.25) is 0 Å². The molecule has 1 unspecified atom stereocenters. The van der Waals surface area contributed by atoms with Gasteiger partial charge in [-0.2, -0.15) is 0 Å². The highest BCUT2D eigenvalue weighted by Gasteiger charge is 2.13. The normalized spacial score (nSPS) is 11.8. The number of rotatable bonds is 7. The molecule has 2 nitrogen and oxygen atoms in total. The number of carboxylic acid groups (broad SMARTS) is 1. The van der Waals surface area contributed by atoms with Crippen LogP contribution in [0.3, 0.4) is 0 Å². The second kappa shape index (κ2) is 9.85. The fourth-order valence-electron chi connectivity index (χ4n) is 1.32. The van der Waals surface area contributed by atoms with Crippen molar-refractivity contribution in [3.05, 3.63) is 0 Å². The second-order valence-electron chi connectivity index (χ2n) is 3.29. The summed E-state index contributed by atoms with van der Waals surface area (Å²) in [6.07, 6.45) is 6.31. The Morgan fingerprint density at radius 2 is 1.85 bits per heavy atom. The lowest BCUT2D eigenvalue weighted by Gasteiger charge is -2.08. The molecule has 0 bridgehead atoms. The van der Waals surface area contributed by atoms with Gasteiger partial charge in [-0.15, -0.1) is 12.4 Å². The van der Waals surface area contributed by atoms with Gasteiger partial charge in [-0.05, 0) is 12.8 Å². The van der Waals surface area contributed by atoms with Crippen LogP contribution in [0.4, 0.5) is 0 Å². The minimum absolute atomic E-state index is 0. The maximum atomic E-state index is 10.6. The lowest BCUT2D eigenvalue weighted by atomic mass is 9.99. The molecule has 0 spiro atoms. The van der Waals surface area contributed by atoms with Crippen LogP contribution in [0.15, 0.2) is 0 Å². The highest BCUT2D eigenvalue weighted by Crippen LogP contribution is 2.13. The van der Waals surface area contributed by atoms with E-state index in [2.05, 4.69) is 6.92 Å². The van der Waals surface area contributed by atoms with E-state index in [1.54, 1.807) is 0 Å². The van der Waals surface area contributed by atoms with Gasteiger partial charge in [0.25, 0.3) is 0 Å². The average molecular weight is 209 g/mol. The van der Waals surface area contributed by atoms with Gasteiger partial charge in [0.15, 0.2) is 0 Å². The molecule has 1 atom stereocenters. The van der Waals surface area contributed by atoms with Gasteiger partial charge in [-0.1, -0.05) is 39.5 Å². The molecule has 0 heterocycles. The van der Waals surface area contributed by atoms with Gasteiger partial charge in [0.2, 0.25) is 0 Å². The van der Waals surface area contributed by atoms with Gasteiger partial charge >= 0.3 is 5.97 Å². The van der Waals surface area contributed by atoms with Crippen molar-refractivity contribution in [3.8, 4) is 0 Å². The number of hydrogen-bond donors (Lipinski definition) is 1. The molecule has 0 fully saturated rings. The SMILES string of the molecule is CCCCCCC(CC)C(=O)O.Cl. The van der Waals surface area contributed by atoms with Crippen LogP contribution in [0, 0.1) is 5.92 Å². The van der Waals surface area contributed by atoms with Crippen LogP contribution in [0.5, 0.6) is 0 Å². The van der Waals surface area contributed by atoms with Crippen molar-refractivity contribution >= 4 is 18.4 Å². The first kappa shape index (κ1) is 15.2. The molecule has 0 aromatic heterocycles. The highest BCUT2D eigenvalue weighted by molar-refractivity contribution is 5.85. The molecular formula is C10H21ClO2. The fraction of sp³-hybridized carbons (Fsp3) is 0.900. The van der Waals surface area contributed by atoms with E-state index < -0.39 is 5.97 Å². The fourth-order valence-corrected chi connectivity index (χ4v) is 1.32. The Morgan fingerprint density at radius 3 is 2.23 bits per heavy atom. The zero-order chi connectivity index (χ0) is 9.40. The monoisotopic (exact) mass is 208 g/mol. The van der Waals surface area contributed by atoms with Gasteiger partial charge in [0, 0.05) is 0 Å². The van der Waals surface area contributed by atoms with Gasteiger partial charge in [-0.3, -0.25) is 4.79 Å². The van der Waals surface area contributed by atoms with E-state index in [1.165, 1.54) is 19.3 Å². The van der Waals surface area contributed by atoms with Crippen molar-refractivity contribution in [1.29, 1.82) is 0 Å². The topological polar surface area (TPSA) is 37.3 Å². The summed E-state index contributed by atoms with van der Waals surface area (Å²) in [7, 11) is 0. The van der Waals surface area contributed by atoms with E-state index in [1.807, 2.05) is 6.92 Å². The first-order chi connectivity index (χ1) is 5.72. The number of carboxylic acids is 1. The predicted octanol–water partition coefficient (Wildman–Crippen LogP) is 3.49. The first-order valence-electron chi connectivity index (χ1n) is 4.95. The smallest absolute Gasteiger partial charge is 0.306 e. The van der Waals surface area contributed by atoms with E-state index in [-0.39, 0.29) is 18.3 Å². The standard InChI is InChI=1S/C10H20O2.ClH/c1-3-5-6-7-8-9(4-2)10(11)12;/h9H,3-8H2,1-2H3,(H,11,12);1H. The number of aliphatic carboxylic acids is 1. The Kier molecular flexibility index (Phi) is 11.5. The molecular weight excluding hydrogens is 188 g/mol. The molecule has 13 heavy (non-hydrogen) atoms. The summed E-state index contributed by atoms with van der Waals surface area (Å²) in [6.45, 7) is 4.10. The van der Waals surface area contributed by atoms with Crippen molar-refractivity contribution in [3.63, 3.8) is 0 Å². The van der Waals surface area contributed by atoms with E-state index >= 15 is 0 Å². The summed E-state index contributed by atoms with van der Waals surface area (Å²) in [5.74, 6) is -0.740. The minimum Gasteiger partial charge on any atom is -0.481 e. The van der Waals surface area contributed by atoms with Crippen molar-refractivity contribution in [1.82, 2.24) is 0 Å². The molecule has 0 aromatic carbocycles. The second-order valence-corrected chi connectivity index (χ2v) is 3.29. The summed E-state index contributed by atoms with van der Waals surface area (Å²) in [5, 5.41) is 8.73. The molecule has 0 aliphatic rings. The largest absolute Gasteiger partial charge is 0.481 e. The zero-order valence-electron chi connectivity index (χ0n) is 8.58. The van der Waals surface area contributed by atoms with Crippen LogP contribution < -0.4 is 0 Å². The summed E-state index contributed by atoms with van der Waals surface area (Å²) in [6, 6.07) is 0. The Balaban J connectivity index is 0. The summed E-state index contributed by atoms with van der Waals surface area (Å²) < 4.78 is 0. The average Bonchev–Trinajstić information content (AvgIpc) is 2.04. The molecule has 0 aliphatic heterocycles. The van der Waals surface area contributed by atoms with Crippen molar-refractivity contribution < 1.29 is 9.90 Å². The molecule has 0 saturated carbocycles. The molecule has 0 aromatic rings. The molecule has 80 valence electrons. The van der Waals surface area contributed by atoms with E-state index in [0.717, 1.165) is 19.3 Å². The quantitative estimate of drug-likeness (QED) is 0.651. The molecule has 3 heteroatoms. The Morgan fingerprint density at radius 1 is 1.23 bits per heavy atom. The first-order valence-corrected chi connectivity index (χ1v) is 4.95. The van der Waals surface area contributed by atoms with Gasteiger partial charge in [0.1, 0.15) is 0 Å². The summed E-state index contributed by atoms with van der Waals surface area (Å²) in [4.78, 5) is 10.6. The van der Waals surface area contributed by atoms with Crippen molar-refractivity contribution in [2.24, 2.45) is 5.92 Å². The minimum atomic E-state index is -0.631. The Hall–Kier alpha value is -0.240. The van der Waals surface area contributed by atoms with E-state index in [0.29, 0.717) is 0 Å². The Labute approximate surface area is 87.1 Å². The third kappa shape index (κ3) is 8.10. The van der Waals surface area contributed by atoms with E-state index in [9.17, 15) is 4.79 Å². The Bertz CT molecular complexity index is 126. The third-order valence-corrected chi connectivity index (χ3v) is 2.25. The third-order valence-electron chi connectivity index (χ3n) is 2.25. The van der Waals surface area contributed by atoms with Crippen LogP contribution in [-0.2, 0) is 4.79 Å². The molecule has 0 amide bonds. The summed E-state index contributed by atoms with van der Waals surface area (Å²) in [5.41, 5.74) is 0. The maximum Gasteiger partial charge on any atom is 0.306 e. The molecule has 0 radical (unpaired) electrons. The van der Waals surface area contributed by atoms with Gasteiger partial charge in [0.05, 0.1) is 5.92 Å². The van der Waals surface area contributed by atoms with E-state index in [4.69, 9.17) is 5.11 Å². The number of halogens is 1. The summed E-state index contributed by atoms with van der Waals surface area (Å²) >= 11 is 0. The van der Waals surface area contributed by atoms with Gasteiger partial charge in [-0.25, -0.2) is 0 Å². The van der Waals surface area contributed by atoms with Crippen molar-refractivity contribution in [2.75, 3.05) is 0 Å². The van der Waals surface area contributed by atoms with Crippen molar-refractivity contribution in [2.45, 2.75) is 52.4 Å². The van der Waals surface area contributed by atoms with Crippen LogP contribution in [0.25, 0.3) is 0 Å².